The first kappa shape index (κ1) is 14.9. The van der Waals surface area contributed by atoms with Crippen molar-refractivity contribution < 1.29 is 19.4 Å². The maximum Gasteiger partial charge on any atom is 0.303 e. The van der Waals surface area contributed by atoms with E-state index in [9.17, 15) is 9.59 Å². The molecule has 1 amide bonds. The largest absolute Gasteiger partial charge is 0.481 e. The molecule has 5 heteroatoms. The fraction of sp³-hybridized carbons (Fsp3) is 0.818. The summed E-state index contributed by atoms with van der Waals surface area (Å²) in [5.41, 5.74) is 0. The van der Waals surface area contributed by atoms with Crippen LogP contribution in [-0.4, -0.2) is 37.2 Å². The summed E-state index contributed by atoms with van der Waals surface area (Å²) in [5.74, 6) is -0.531. The van der Waals surface area contributed by atoms with Crippen molar-refractivity contribution in [3.63, 3.8) is 0 Å². The predicted molar refractivity (Wildman–Crippen MR) is 60.2 cm³/mol. The van der Waals surface area contributed by atoms with Gasteiger partial charge in [0.15, 0.2) is 0 Å². The summed E-state index contributed by atoms with van der Waals surface area (Å²) in [6, 6.07) is 0. The minimum Gasteiger partial charge on any atom is -0.481 e. The van der Waals surface area contributed by atoms with Crippen LogP contribution in [0.1, 0.15) is 32.6 Å². The normalized spacial score (nSPS) is 12.1. The summed E-state index contributed by atoms with van der Waals surface area (Å²) in [4.78, 5) is 21.4. The molecular formula is C11H21NO4. The van der Waals surface area contributed by atoms with Gasteiger partial charge in [-0.2, -0.15) is 0 Å². The molecule has 0 aromatic heterocycles. The van der Waals surface area contributed by atoms with Gasteiger partial charge in [-0.3, -0.25) is 9.59 Å². The number of carbonyl (C=O) groups excluding carboxylic acids is 1. The summed E-state index contributed by atoms with van der Waals surface area (Å²) in [5, 5.41) is 11.3. The highest BCUT2D eigenvalue weighted by Gasteiger charge is 2.09. The summed E-state index contributed by atoms with van der Waals surface area (Å²) >= 11 is 0. The first-order chi connectivity index (χ1) is 7.60. The van der Waals surface area contributed by atoms with Crippen LogP contribution in [0.4, 0.5) is 0 Å². The first-order valence-corrected chi connectivity index (χ1v) is 5.57. The van der Waals surface area contributed by atoms with Gasteiger partial charge in [0, 0.05) is 20.1 Å². The van der Waals surface area contributed by atoms with Gasteiger partial charge in [-0.1, -0.05) is 13.3 Å². The van der Waals surface area contributed by atoms with E-state index in [0.717, 1.165) is 12.8 Å². The Morgan fingerprint density at radius 3 is 2.56 bits per heavy atom. The SMILES string of the molecule is CCC(CCNC(=O)COC)CCC(=O)O. The van der Waals surface area contributed by atoms with E-state index in [1.807, 2.05) is 6.92 Å². The highest BCUT2D eigenvalue weighted by molar-refractivity contribution is 5.77. The number of aliphatic carboxylic acids is 1. The van der Waals surface area contributed by atoms with E-state index in [4.69, 9.17) is 5.11 Å². The van der Waals surface area contributed by atoms with Crippen LogP contribution in [-0.2, 0) is 14.3 Å². The number of nitrogens with one attached hydrogen (secondary N) is 1. The number of hydrogen-bond acceptors (Lipinski definition) is 3. The molecule has 0 aliphatic carbocycles. The number of ether oxygens (including phenoxy) is 1. The summed E-state index contributed by atoms with van der Waals surface area (Å²) in [7, 11) is 1.47. The zero-order valence-electron chi connectivity index (χ0n) is 9.99. The fourth-order valence-corrected chi connectivity index (χ4v) is 1.48. The average Bonchev–Trinajstić information content (AvgIpc) is 2.23. The Hall–Kier alpha value is -1.10. The van der Waals surface area contributed by atoms with Crippen molar-refractivity contribution in [2.24, 2.45) is 5.92 Å². The average molecular weight is 231 g/mol. The number of rotatable bonds is 9. The van der Waals surface area contributed by atoms with Crippen molar-refractivity contribution in [1.29, 1.82) is 0 Å². The minimum absolute atomic E-state index is 0.0753. The van der Waals surface area contributed by atoms with Gasteiger partial charge in [0.1, 0.15) is 6.61 Å². The van der Waals surface area contributed by atoms with Crippen LogP contribution in [0.3, 0.4) is 0 Å². The number of amides is 1. The quantitative estimate of drug-likeness (QED) is 0.621. The van der Waals surface area contributed by atoms with Gasteiger partial charge in [0.05, 0.1) is 0 Å². The Morgan fingerprint density at radius 2 is 2.06 bits per heavy atom. The highest BCUT2D eigenvalue weighted by Crippen LogP contribution is 2.14. The standard InChI is InChI=1S/C11H21NO4/c1-3-9(4-5-11(14)15)6-7-12-10(13)8-16-2/h9H,3-8H2,1-2H3,(H,12,13)(H,14,15). The third-order valence-corrected chi connectivity index (χ3v) is 2.49. The Labute approximate surface area is 96.2 Å². The van der Waals surface area contributed by atoms with Crippen LogP contribution in [0.15, 0.2) is 0 Å². The monoisotopic (exact) mass is 231 g/mol. The molecule has 0 spiro atoms. The molecule has 0 aromatic carbocycles. The van der Waals surface area contributed by atoms with Crippen LogP contribution < -0.4 is 5.32 Å². The molecule has 0 aliphatic heterocycles. The highest BCUT2D eigenvalue weighted by atomic mass is 16.5. The zero-order valence-corrected chi connectivity index (χ0v) is 9.99. The van der Waals surface area contributed by atoms with Crippen LogP contribution in [0, 0.1) is 5.92 Å². The molecule has 0 heterocycles. The molecule has 1 unspecified atom stereocenters. The number of hydrogen-bond donors (Lipinski definition) is 2. The Bertz CT molecular complexity index is 218. The maximum atomic E-state index is 11.0. The molecule has 94 valence electrons. The van der Waals surface area contributed by atoms with Gasteiger partial charge in [-0.25, -0.2) is 0 Å². The van der Waals surface area contributed by atoms with Crippen LogP contribution in [0.25, 0.3) is 0 Å². The van der Waals surface area contributed by atoms with E-state index < -0.39 is 5.97 Å². The van der Waals surface area contributed by atoms with Gasteiger partial charge in [-0.15, -0.1) is 0 Å². The Balaban J connectivity index is 3.62. The second kappa shape index (κ2) is 9.15. The van der Waals surface area contributed by atoms with Gasteiger partial charge >= 0.3 is 5.97 Å². The summed E-state index contributed by atoms with van der Waals surface area (Å²) in [6.07, 6.45) is 2.63. The van der Waals surface area contributed by atoms with Crippen molar-refractivity contribution in [3.8, 4) is 0 Å². The fourth-order valence-electron chi connectivity index (χ4n) is 1.48. The third kappa shape index (κ3) is 8.23. The van der Waals surface area contributed by atoms with E-state index in [-0.39, 0.29) is 18.9 Å². The molecule has 2 N–H and O–H groups in total. The summed E-state index contributed by atoms with van der Waals surface area (Å²) < 4.78 is 4.68. The molecule has 5 nitrogen and oxygen atoms in total. The molecule has 0 bridgehead atoms. The third-order valence-electron chi connectivity index (χ3n) is 2.49. The molecule has 0 rings (SSSR count). The maximum absolute atomic E-state index is 11.0. The van der Waals surface area contributed by atoms with E-state index >= 15 is 0 Å². The number of carboxylic acid groups (broad SMARTS) is 1. The molecule has 0 radical (unpaired) electrons. The second-order valence-corrected chi connectivity index (χ2v) is 3.78. The van der Waals surface area contributed by atoms with Gasteiger partial charge < -0.3 is 15.2 Å². The lowest BCUT2D eigenvalue weighted by Crippen LogP contribution is -2.29. The molecule has 16 heavy (non-hydrogen) atoms. The topological polar surface area (TPSA) is 75.6 Å². The van der Waals surface area contributed by atoms with Crippen molar-refractivity contribution in [1.82, 2.24) is 5.32 Å². The van der Waals surface area contributed by atoms with Crippen LogP contribution >= 0.6 is 0 Å². The second-order valence-electron chi connectivity index (χ2n) is 3.78. The summed E-state index contributed by atoms with van der Waals surface area (Å²) in [6.45, 7) is 2.69. The van der Waals surface area contributed by atoms with Crippen LogP contribution in [0.2, 0.25) is 0 Å². The smallest absolute Gasteiger partial charge is 0.303 e. The molecule has 0 saturated heterocycles. The molecule has 0 saturated carbocycles. The van der Waals surface area contributed by atoms with E-state index in [1.165, 1.54) is 7.11 Å². The van der Waals surface area contributed by atoms with E-state index in [0.29, 0.717) is 18.9 Å². The number of carbonyl (C=O) groups is 2. The lowest BCUT2D eigenvalue weighted by molar-refractivity contribution is -0.137. The molecule has 0 fully saturated rings. The van der Waals surface area contributed by atoms with Gasteiger partial charge in [0.25, 0.3) is 0 Å². The van der Waals surface area contributed by atoms with Crippen molar-refractivity contribution in [2.45, 2.75) is 32.6 Å². The van der Waals surface area contributed by atoms with Crippen molar-refractivity contribution >= 4 is 11.9 Å². The zero-order chi connectivity index (χ0) is 12.4. The number of methoxy groups -OCH3 is 1. The van der Waals surface area contributed by atoms with E-state index in [1.54, 1.807) is 0 Å². The lowest BCUT2D eigenvalue weighted by Gasteiger charge is -2.13. The molecule has 0 aromatic rings. The predicted octanol–water partition coefficient (Wildman–Crippen LogP) is 1.03. The molecule has 0 aliphatic rings. The van der Waals surface area contributed by atoms with Crippen molar-refractivity contribution in [2.75, 3.05) is 20.3 Å². The van der Waals surface area contributed by atoms with Gasteiger partial charge in [-0.05, 0) is 18.8 Å². The van der Waals surface area contributed by atoms with Crippen LogP contribution in [0.5, 0.6) is 0 Å². The van der Waals surface area contributed by atoms with E-state index in [2.05, 4.69) is 10.1 Å². The molecular weight excluding hydrogens is 210 g/mol. The first-order valence-electron chi connectivity index (χ1n) is 5.57. The van der Waals surface area contributed by atoms with Crippen molar-refractivity contribution in [3.05, 3.63) is 0 Å². The number of carboxylic acids is 1. The Morgan fingerprint density at radius 1 is 1.38 bits per heavy atom. The Kier molecular flexibility index (Phi) is 8.52. The molecule has 1 atom stereocenters. The minimum atomic E-state index is -0.762. The van der Waals surface area contributed by atoms with Gasteiger partial charge in [0.2, 0.25) is 5.91 Å². The lowest BCUT2D eigenvalue weighted by atomic mass is 9.97.